The van der Waals surface area contributed by atoms with E-state index in [0.29, 0.717) is 0 Å². The lowest BCUT2D eigenvalue weighted by molar-refractivity contribution is 0.414. The van der Waals surface area contributed by atoms with E-state index in [9.17, 15) is 0 Å². The number of rotatable bonds is 3. The van der Waals surface area contributed by atoms with Gasteiger partial charge in [0, 0.05) is 11.6 Å². The summed E-state index contributed by atoms with van der Waals surface area (Å²) in [6.07, 6.45) is 1.80. The largest absolute Gasteiger partial charge is 0.497 e. The molecule has 0 radical (unpaired) electrons. The van der Waals surface area contributed by atoms with Crippen molar-refractivity contribution in [2.75, 3.05) is 7.11 Å². The molecule has 3 heteroatoms. The second-order valence-corrected chi connectivity index (χ2v) is 4.67. The molecule has 0 bridgehead atoms. The van der Waals surface area contributed by atoms with E-state index in [0.717, 1.165) is 27.8 Å². The number of ether oxygens (including phenoxy) is 1. The van der Waals surface area contributed by atoms with Crippen molar-refractivity contribution < 1.29 is 4.74 Å². The van der Waals surface area contributed by atoms with E-state index >= 15 is 0 Å². The number of methoxy groups -OCH3 is 1. The minimum absolute atomic E-state index is 0.267. The normalized spacial score (nSPS) is 12.3. The third kappa shape index (κ3) is 2.24. The van der Waals surface area contributed by atoms with Crippen molar-refractivity contribution in [3.63, 3.8) is 0 Å². The van der Waals surface area contributed by atoms with Gasteiger partial charge in [0.25, 0.3) is 0 Å². The van der Waals surface area contributed by atoms with Gasteiger partial charge in [0.2, 0.25) is 0 Å². The zero-order valence-corrected chi connectivity index (χ0v) is 11.3. The first kappa shape index (κ1) is 12.6. The first-order valence-corrected chi connectivity index (χ1v) is 6.53. The molecule has 0 spiro atoms. The Bertz CT molecular complexity index is 734. The molecule has 0 aliphatic heterocycles. The molecular weight excluding hydrogens is 248 g/mol. The van der Waals surface area contributed by atoms with E-state index in [1.807, 2.05) is 42.5 Å². The Kier molecular flexibility index (Phi) is 3.35. The molecule has 3 rings (SSSR count). The van der Waals surface area contributed by atoms with Crippen LogP contribution in [0.4, 0.5) is 0 Å². The number of nitrogens with zero attached hydrogens (tertiary/aromatic N) is 1. The summed E-state index contributed by atoms with van der Waals surface area (Å²) < 4.78 is 5.25. The SMILES string of the molecule is COc1cccc(C(N)c2nccc3ccccc23)c1. The van der Waals surface area contributed by atoms with Gasteiger partial charge < -0.3 is 10.5 Å². The molecule has 0 amide bonds. The lowest BCUT2D eigenvalue weighted by Gasteiger charge is -2.14. The zero-order chi connectivity index (χ0) is 13.9. The fraction of sp³-hybridized carbons (Fsp3) is 0.118. The van der Waals surface area contributed by atoms with Gasteiger partial charge in [-0.1, -0.05) is 36.4 Å². The van der Waals surface area contributed by atoms with Crippen LogP contribution in [0.2, 0.25) is 0 Å². The Balaban J connectivity index is 2.10. The molecule has 3 nitrogen and oxygen atoms in total. The number of hydrogen-bond donors (Lipinski definition) is 1. The molecule has 100 valence electrons. The molecule has 0 saturated heterocycles. The number of pyridine rings is 1. The molecule has 20 heavy (non-hydrogen) atoms. The Labute approximate surface area is 118 Å². The van der Waals surface area contributed by atoms with E-state index in [2.05, 4.69) is 17.1 Å². The van der Waals surface area contributed by atoms with Gasteiger partial charge in [0.15, 0.2) is 0 Å². The van der Waals surface area contributed by atoms with Crippen LogP contribution in [0.15, 0.2) is 60.8 Å². The number of hydrogen-bond acceptors (Lipinski definition) is 3. The van der Waals surface area contributed by atoms with Crippen molar-refractivity contribution >= 4 is 10.8 Å². The highest BCUT2D eigenvalue weighted by molar-refractivity contribution is 5.85. The van der Waals surface area contributed by atoms with Gasteiger partial charge in [-0.25, -0.2) is 0 Å². The van der Waals surface area contributed by atoms with Crippen LogP contribution >= 0.6 is 0 Å². The minimum Gasteiger partial charge on any atom is -0.497 e. The van der Waals surface area contributed by atoms with Crippen molar-refractivity contribution in [1.29, 1.82) is 0 Å². The van der Waals surface area contributed by atoms with Crippen molar-refractivity contribution in [3.8, 4) is 5.75 Å². The quantitative estimate of drug-likeness (QED) is 0.789. The number of benzene rings is 2. The highest BCUT2D eigenvalue weighted by atomic mass is 16.5. The molecule has 3 aromatic rings. The second kappa shape index (κ2) is 5.31. The fourth-order valence-electron chi connectivity index (χ4n) is 2.38. The topological polar surface area (TPSA) is 48.1 Å². The van der Waals surface area contributed by atoms with Crippen molar-refractivity contribution in [2.24, 2.45) is 5.73 Å². The van der Waals surface area contributed by atoms with Gasteiger partial charge in [0.1, 0.15) is 5.75 Å². The summed E-state index contributed by atoms with van der Waals surface area (Å²) in [5.74, 6) is 0.804. The van der Waals surface area contributed by atoms with Crippen molar-refractivity contribution in [2.45, 2.75) is 6.04 Å². The van der Waals surface area contributed by atoms with Crippen LogP contribution in [0.3, 0.4) is 0 Å². The highest BCUT2D eigenvalue weighted by Gasteiger charge is 2.14. The summed E-state index contributed by atoms with van der Waals surface area (Å²) >= 11 is 0. The lowest BCUT2D eigenvalue weighted by atomic mass is 9.99. The Morgan fingerprint density at radius 3 is 2.75 bits per heavy atom. The summed E-state index contributed by atoms with van der Waals surface area (Å²) in [7, 11) is 1.65. The molecule has 2 N–H and O–H groups in total. The van der Waals surface area contributed by atoms with Gasteiger partial charge in [0.05, 0.1) is 18.8 Å². The Morgan fingerprint density at radius 1 is 1.05 bits per heavy atom. The smallest absolute Gasteiger partial charge is 0.119 e. The average molecular weight is 264 g/mol. The zero-order valence-electron chi connectivity index (χ0n) is 11.3. The molecule has 2 aromatic carbocycles. The van der Waals surface area contributed by atoms with Crippen LogP contribution in [0, 0.1) is 0 Å². The van der Waals surface area contributed by atoms with Crippen molar-refractivity contribution in [3.05, 3.63) is 72.1 Å². The van der Waals surface area contributed by atoms with Crippen LogP contribution in [0.5, 0.6) is 5.75 Å². The van der Waals surface area contributed by atoms with E-state index in [4.69, 9.17) is 10.5 Å². The molecule has 0 aliphatic carbocycles. The number of nitrogens with two attached hydrogens (primary N) is 1. The van der Waals surface area contributed by atoms with E-state index < -0.39 is 0 Å². The molecule has 0 aliphatic rings. The first-order valence-electron chi connectivity index (χ1n) is 6.53. The predicted molar refractivity (Wildman–Crippen MR) is 80.8 cm³/mol. The Hall–Kier alpha value is -2.39. The standard InChI is InChI=1S/C17H16N2O/c1-20-14-7-4-6-13(11-14)16(18)17-15-8-3-2-5-12(15)9-10-19-17/h2-11,16H,18H2,1H3. The van der Waals surface area contributed by atoms with Crippen molar-refractivity contribution in [1.82, 2.24) is 4.98 Å². The summed E-state index contributed by atoms with van der Waals surface area (Å²) in [4.78, 5) is 4.47. The molecule has 1 heterocycles. The average Bonchev–Trinajstić information content (AvgIpc) is 2.53. The van der Waals surface area contributed by atoms with E-state index in [-0.39, 0.29) is 6.04 Å². The third-order valence-electron chi connectivity index (χ3n) is 3.45. The minimum atomic E-state index is -0.267. The summed E-state index contributed by atoms with van der Waals surface area (Å²) in [6, 6.07) is 17.7. The first-order chi connectivity index (χ1) is 9.79. The van der Waals surface area contributed by atoms with Crippen LogP contribution in [-0.2, 0) is 0 Å². The maximum atomic E-state index is 6.39. The predicted octanol–water partition coefficient (Wildman–Crippen LogP) is 3.29. The fourth-order valence-corrected chi connectivity index (χ4v) is 2.38. The molecule has 1 aromatic heterocycles. The highest BCUT2D eigenvalue weighted by Crippen LogP contribution is 2.27. The van der Waals surface area contributed by atoms with Gasteiger partial charge in [-0.15, -0.1) is 0 Å². The van der Waals surface area contributed by atoms with E-state index in [1.54, 1.807) is 13.3 Å². The molecule has 0 fully saturated rings. The number of aromatic nitrogens is 1. The van der Waals surface area contributed by atoms with Crippen LogP contribution in [0.25, 0.3) is 10.8 Å². The van der Waals surface area contributed by atoms with Gasteiger partial charge >= 0.3 is 0 Å². The van der Waals surface area contributed by atoms with Gasteiger partial charge in [-0.05, 0) is 29.1 Å². The summed E-state index contributed by atoms with van der Waals surface area (Å²) in [5, 5.41) is 2.24. The Morgan fingerprint density at radius 2 is 1.90 bits per heavy atom. The summed E-state index contributed by atoms with van der Waals surface area (Å²) in [6.45, 7) is 0. The maximum Gasteiger partial charge on any atom is 0.119 e. The molecule has 1 unspecified atom stereocenters. The second-order valence-electron chi connectivity index (χ2n) is 4.67. The van der Waals surface area contributed by atoms with E-state index in [1.165, 1.54) is 0 Å². The monoisotopic (exact) mass is 264 g/mol. The molecule has 1 atom stereocenters. The number of fused-ring (bicyclic) bond motifs is 1. The maximum absolute atomic E-state index is 6.39. The van der Waals surface area contributed by atoms with Crippen LogP contribution in [-0.4, -0.2) is 12.1 Å². The third-order valence-corrected chi connectivity index (χ3v) is 3.45. The lowest BCUT2D eigenvalue weighted by Crippen LogP contribution is -2.14. The molecular formula is C17H16N2O. The molecule has 0 saturated carbocycles. The van der Waals surface area contributed by atoms with Crippen LogP contribution < -0.4 is 10.5 Å². The summed E-state index contributed by atoms with van der Waals surface area (Å²) in [5.41, 5.74) is 8.27. The van der Waals surface area contributed by atoms with Crippen LogP contribution in [0.1, 0.15) is 17.3 Å². The van der Waals surface area contributed by atoms with Gasteiger partial charge in [-0.3, -0.25) is 4.98 Å². The van der Waals surface area contributed by atoms with Gasteiger partial charge in [-0.2, -0.15) is 0 Å².